The number of pyridine rings is 2. The Morgan fingerprint density at radius 1 is 0.500 bits per heavy atom. The van der Waals surface area contributed by atoms with E-state index in [4.69, 9.17) is 37.9 Å². The van der Waals surface area contributed by atoms with Gasteiger partial charge in [0.15, 0.2) is 0 Å². The maximum atomic E-state index is 12.5. The quantitative estimate of drug-likeness (QED) is 0.105. The van der Waals surface area contributed by atoms with E-state index in [2.05, 4.69) is 23.8 Å². The fourth-order valence-electron chi connectivity index (χ4n) is 3.52. The molecule has 0 spiro atoms. The van der Waals surface area contributed by atoms with Gasteiger partial charge in [0.05, 0.1) is 88.6 Å². The van der Waals surface area contributed by atoms with Crippen molar-refractivity contribution in [2.45, 2.75) is 39.5 Å². The van der Waals surface area contributed by atoms with E-state index in [1.165, 1.54) is 12.4 Å². The standard InChI is InChI=1S/C32H48N2O10/c1-3-5-11-37-13-15-39-17-19-41-21-23-43-31(35)27-7-9-33-29(25-27)30-26-28(8-10-34-30)32(36)44-24-22-42-20-18-40-16-14-38-12-6-4-2/h7-10,25-26H,3-6,11-24H2,1-2H3. The van der Waals surface area contributed by atoms with E-state index < -0.39 is 11.9 Å². The van der Waals surface area contributed by atoms with Gasteiger partial charge in [-0.1, -0.05) is 26.7 Å². The minimum Gasteiger partial charge on any atom is -0.460 e. The molecule has 2 aromatic heterocycles. The van der Waals surface area contributed by atoms with Crippen LogP contribution in [-0.4, -0.2) is 114 Å². The summed E-state index contributed by atoms with van der Waals surface area (Å²) in [6.07, 6.45) is 7.28. The molecule has 0 saturated heterocycles. The first kappa shape index (κ1) is 37.2. The third-order valence-electron chi connectivity index (χ3n) is 5.95. The number of aromatic nitrogens is 2. The van der Waals surface area contributed by atoms with Crippen LogP contribution in [0.4, 0.5) is 0 Å². The fourth-order valence-corrected chi connectivity index (χ4v) is 3.52. The van der Waals surface area contributed by atoms with Crippen LogP contribution in [0.1, 0.15) is 60.2 Å². The van der Waals surface area contributed by atoms with Crippen LogP contribution in [0.3, 0.4) is 0 Å². The van der Waals surface area contributed by atoms with Crippen molar-refractivity contribution in [1.82, 2.24) is 9.97 Å². The van der Waals surface area contributed by atoms with Crippen molar-refractivity contribution in [2.24, 2.45) is 0 Å². The van der Waals surface area contributed by atoms with Crippen molar-refractivity contribution in [2.75, 3.05) is 92.5 Å². The summed E-state index contributed by atoms with van der Waals surface area (Å²) >= 11 is 0. The molecule has 2 rings (SSSR count). The first-order valence-corrected chi connectivity index (χ1v) is 15.4. The molecule has 0 aliphatic heterocycles. The molecule has 246 valence electrons. The highest BCUT2D eigenvalue weighted by Crippen LogP contribution is 2.18. The van der Waals surface area contributed by atoms with Gasteiger partial charge in [-0.3, -0.25) is 9.97 Å². The Morgan fingerprint density at radius 2 is 0.818 bits per heavy atom. The molecule has 0 atom stereocenters. The molecule has 2 aromatic rings. The second-order valence-corrected chi connectivity index (χ2v) is 9.51. The summed E-state index contributed by atoms with van der Waals surface area (Å²) in [7, 11) is 0. The summed E-state index contributed by atoms with van der Waals surface area (Å²) < 4.78 is 43.2. The van der Waals surface area contributed by atoms with E-state index in [0.717, 1.165) is 38.9 Å². The van der Waals surface area contributed by atoms with Crippen LogP contribution in [0.15, 0.2) is 36.7 Å². The molecular weight excluding hydrogens is 572 g/mol. The van der Waals surface area contributed by atoms with Gasteiger partial charge < -0.3 is 37.9 Å². The molecule has 0 saturated carbocycles. The number of esters is 2. The third kappa shape index (κ3) is 17.3. The zero-order valence-electron chi connectivity index (χ0n) is 26.2. The average Bonchev–Trinajstić information content (AvgIpc) is 3.05. The smallest absolute Gasteiger partial charge is 0.338 e. The maximum Gasteiger partial charge on any atom is 0.338 e. The van der Waals surface area contributed by atoms with Gasteiger partial charge in [0, 0.05) is 25.6 Å². The Balaban J connectivity index is 1.63. The Bertz CT molecular complexity index is 958. The van der Waals surface area contributed by atoms with Gasteiger partial charge in [0.2, 0.25) is 0 Å². The van der Waals surface area contributed by atoms with Crippen molar-refractivity contribution in [1.29, 1.82) is 0 Å². The molecule has 0 unspecified atom stereocenters. The van der Waals surface area contributed by atoms with Crippen molar-refractivity contribution in [3.05, 3.63) is 47.8 Å². The van der Waals surface area contributed by atoms with Crippen LogP contribution >= 0.6 is 0 Å². The first-order valence-electron chi connectivity index (χ1n) is 15.4. The van der Waals surface area contributed by atoms with Gasteiger partial charge in [0.1, 0.15) is 13.2 Å². The lowest BCUT2D eigenvalue weighted by Crippen LogP contribution is -2.14. The summed E-state index contributed by atoms with van der Waals surface area (Å²) in [6.45, 7) is 10.3. The van der Waals surface area contributed by atoms with Gasteiger partial charge in [-0.15, -0.1) is 0 Å². The summed E-state index contributed by atoms with van der Waals surface area (Å²) in [5.41, 5.74) is 1.45. The second-order valence-electron chi connectivity index (χ2n) is 9.51. The molecule has 12 nitrogen and oxygen atoms in total. The Morgan fingerprint density at radius 3 is 1.16 bits per heavy atom. The third-order valence-corrected chi connectivity index (χ3v) is 5.95. The van der Waals surface area contributed by atoms with E-state index in [1.807, 2.05) is 0 Å². The molecule has 0 aliphatic carbocycles. The topological polar surface area (TPSA) is 134 Å². The Kier molecular flexibility index (Phi) is 21.4. The number of hydrogen-bond donors (Lipinski definition) is 0. The largest absolute Gasteiger partial charge is 0.460 e. The lowest BCUT2D eigenvalue weighted by molar-refractivity contribution is 0.000183. The molecule has 0 aliphatic rings. The highest BCUT2D eigenvalue weighted by atomic mass is 16.6. The molecule has 0 fully saturated rings. The van der Waals surface area contributed by atoms with Crippen LogP contribution in [0.25, 0.3) is 11.4 Å². The summed E-state index contributed by atoms with van der Waals surface area (Å²) in [6, 6.07) is 6.22. The molecule has 0 amide bonds. The summed E-state index contributed by atoms with van der Waals surface area (Å²) in [5, 5.41) is 0. The summed E-state index contributed by atoms with van der Waals surface area (Å²) in [4.78, 5) is 33.6. The number of ether oxygens (including phenoxy) is 8. The predicted molar refractivity (Wildman–Crippen MR) is 163 cm³/mol. The van der Waals surface area contributed by atoms with Crippen molar-refractivity contribution >= 4 is 11.9 Å². The zero-order valence-corrected chi connectivity index (χ0v) is 26.2. The zero-order chi connectivity index (χ0) is 31.5. The number of hydrogen-bond acceptors (Lipinski definition) is 12. The Labute approximate surface area is 260 Å². The lowest BCUT2D eigenvalue weighted by Gasteiger charge is -2.09. The van der Waals surface area contributed by atoms with E-state index in [-0.39, 0.29) is 26.4 Å². The molecule has 0 N–H and O–H groups in total. The molecule has 44 heavy (non-hydrogen) atoms. The van der Waals surface area contributed by atoms with E-state index in [0.29, 0.717) is 75.4 Å². The molecule has 12 heteroatoms. The monoisotopic (exact) mass is 620 g/mol. The normalized spacial score (nSPS) is 11.0. The van der Waals surface area contributed by atoms with Crippen LogP contribution in [0.2, 0.25) is 0 Å². The second kappa shape index (κ2) is 25.3. The van der Waals surface area contributed by atoms with E-state index >= 15 is 0 Å². The average molecular weight is 621 g/mol. The molecule has 2 heterocycles. The van der Waals surface area contributed by atoms with Crippen LogP contribution in [0.5, 0.6) is 0 Å². The molecular formula is C32H48N2O10. The maximum absolute atomic E-state index is 12.5. The van der Waals surface area contributed by atoms with Crippen molar-refractivity contribution in [3.8, 4) is 11.4 Å². The fraction of sp³-hybridized carbons (Fsp3) is 0.625. The van der Waals surface area contributed by atoms with Gasteiger partial charge in [0.25, 0.3) is 0 Å². The predicted octanol–water partition coefficient (Wildman–Crippen LogP) is 4.16. The lowest BCUT2D eigenvalue weighted by atomic mass is 10.1. The highest BCUT2D eigenvalue weighted by Gasteiger charge is 2.13. The SMILES string of the molecule is CCCCOCCOCCOCCOC(=O)c1ccnc(-c2cc(C(=O)OCCOCCOCCOCCCC)ccn2)c1. The number of carbonyl (C=O) groups excluding carboxylic acids is 2. The first-order chi connectivity index (χ1) is 21.7. The summed E-state index contributed by atoms with van der Waals surface area (Å²) in [5.74, 6) is -1.03. The van der Waals surface area contributed by atoms with Gasteiger partial charge in [-0.05, 0) is 37.1 Å². The van der Waals surface area contributed by atoms with Crippen LogP contribution < -0.4 is 0 Å². The van der Waals surface area contributed by atoms with Gasteiger partial charge in [-0.2, -0.15) is 0 Å². The van der Waals surface area contributed by atoms with Crippen LogP contribution in [-0.2, 0) is 37.9 Å². The molecule has 0 radical (unpaired) electrons. The number of unbranched alkanes of at least 4 members (excludes halogenated alkanes) is 2. The minimum atomic E-state index is -0.515. The number of carbonyl (C=O) groups is 2. The minimum absolute atomic E-state index is 0.0982. The highest BCUT2D eigenvalue weighted by molar-refractivity contribution is 5.92. The molecule has 0 bridgehead atoms. The Hall–Kier alpha value is -3.00. The van der Waals surface area contributed by atoms with Crippen molar-refractivity contribution in [3.63, 3.8) is 0 Å². The molecule has 0 aromatic carbocycles. The van der Waals surface area contributed by atoms with Gasteiger partial charge >= 0.3 is 11.9 Å². The van der Waals surface area contributed by atoms with E-state index in [1.54, 1.807) is 24.3 Å². The number of rotatable bonds is 27. The van der Waals surface area contributed by atoms with Gasteiger partial charge in [-0.25, -0.2) is 9.59 Å². The van der Waals surface area contributed by atoms with Crippen LogP contribution in [0, 0.1) is 0 Å². The number of nitrogens with zero attached hydrogens (tertiary/aromatic N) is 2. The van der Waals surface area contributed by atoms with E-state index in [9.17, 15) is 9.59 Å². The van der Waals surface area contributed by atoms with Crippen molar-refractivity contribution < 1.29 is 47.5 Å².